The van der Waals surface area contributed by atoms with Gasteiger partial charge in [-0.3, -0.25) is 9.36 Å². The van der Waals surface area contributed by atoms with Crippen molar-refractivity contribution in [3.63, 3.8) is 0 Å². The fourth-order valence-corrected chi connectivity index (χ4v) is 3.55. The molecular weight excluding hydrogens is 392 g/mol. The summed E-state index contributed by atoms with van der Waals surface area (Å²) in [6, 6.07) is 27.7. The van der Waals surface area contributed by atoms with Crippen LogP contribution in [0.1, 0.15) is 29.0 Å². The second-order valence-corrected chi connectivity index (χ2v) is 7.34. The summed E-state index contributed by atoms with van der Waals surface area (Å²) in [5, 5.41) is 6.41. The molecule has 30 heavy (non-hydrogen) atoms. The molecule has 0 aliphatic rings. The van der Waals surface area contributed by atoms with Crippen LogP contribution in [0.3, 0.4) is 0 Å². The lowest BCUT2D eigenvalue weighted by Gasteiger charge is -2.16. The van der Waals surface area contributed by atoms with E-state index in [1.165, 1.54) is 5.56 Å². The summed E-state index contributed by atoms with van der Waals surface area (Å²) < 4.78 is 2.20. The van der Waals surface area contributed by atoms with Gasteiger partial charge < -0.3 is 15.6 Å². The number of rotatable bonds is 6. The van der Waals surface area contributed by atoms with Crippen LogP contribution < -0.4 is 10.6 Å². The minimum absolute atomic E-state index is 0.182. The smallest absolute Gasteiger partial charge is 0.274 e. The van der Waals surface area contributed by atoms with E-state index in [0.717, 1.165) is 11.4 Å². The molecule has 1 atom stereocenters. The normalized spacial score (nSPS) is 11.6. The lowest BCUT2D eigenvalue weighted by atomic mass is 10.1. The first-order chi connectivity index (χ1) is 14.6. The van der Waals surface area contributed by atoms with Crippen LogP contribution in [0.5, 0.6) is 0 Å². The number of nitrogens with zero attached hydrogens (tertiary/aromatic N) is 1. The summed E-state index contributed by atoms with van der Waals surface area (Å²) in [7, 11) is 0. The third-order valence-electron chi connectivity index (χ3n) is 4.85. The van der Waals surface area contributed by atoms with Gasteiger partial charge in [-0.05, 0) is 61.1 Å². The maximum absolute atomic E-state index is 12.9. The Morgan fingerprint density at radius 3 is 2.17 bits per heavy atom. The molecule has 3 N–H and O–H groups in total. The minimum atomic E-state index is -0.232. The minimum Gasteiger partial charge on any atom is -0.379 e. The summed E-state index contributed by atoms with van der Waals surface area (Å²) in [5.74, 6) is -0.232. The van der Waals surface area contributed by atoms with Crippen molar-refractivity contribution in [2.75, 3.05) is 10.6 Å². The summed E-state index contributed by atoms with van der Waals surface area (Å²) in [4.78, 5) is 15.8. The number of hydrogen-bond donors (Lipinski definition) is 3. The van der Waals surface area contributed by atoms with Crippen molar-refractivity contribution < 1.29 is 4.79 Å². The Labute approximate surface area is 180 Å². The summed E-state index contributed by atoms with van der Waals surface area (Å²) in [5.41, 5.74) is 4.20. The molecule has 0 fully saturated rings. The number of H-pyrrole nitrogens is 1. The SMILES string of the molecule is CC(Nc1ccc(NC(=O)c2c[nH]c(=S)n2-c2ccccc2)cc1)c1ccccc1. The molecule has 0 radical (unpaired) electrons. The van der Waals surface area contributed by atoms with Gasteiger partial charge >= 0.3 is 0 Å². The van der Waals surface area contributed by atoms with Crippen molar-refractivity contribution in [3.05, 3.63) is 107 Å². The first kappa shape index (κ1) is 19.7. The van der Waals surface area contributed by atoms with Gasteiger partial charge in [0.15, 0.2) is 4.77 Å². The van der Waals surface area contributed by atoms with Crippen LogP contribution in [0, 0.1) is 4.77 Å². The number of nitrogens with one attached hydrogen (secondary N) is 3. The molecule has 5 nitrogen and oxygen atoms in total. The van der Waals surface area contributed by atoms with Gasteiger partial charge in [0.2, 0.25) is 0 Å². The second-order valence-electron chi connectivity index (χ2n) is 6.96. The third kappa shape index (κ3) is 4.34. The van der Waals surface area contributed by atoms with E-state index in [0.29, 0.717) is 16.2 Å². The predicted molar refractivity (Wildman–Crippen MR) is 124 cm³/mol. The highest BCUT2D eigenvalue weighted by Crippen LogP contribution is 2.21. The van der Waals surface area contributed by atoms with Crippen LogP contribution in [0.25, 0.3) is 5.69 Å². The molecule has 0 spiro atoms. The highest BCUT2D eigenvalue weighted by Gasteiger charge is 2.14. The molecule has 150 valence electrons. The Morgan fingerprint density at radius 1 is 0.900 bits per heavy atom. The van der Waals surface area contributed by atoms with Crippen molar-refractivity contribution in [1.29, 1.82) is 0 Å². The third-order valence-corrected chi connectivity index (χ3v) is 5.15. The zero-order chi connectivity index (χ0) is 20.9. The van der Waals surface area contributed by atoms with Crippen LogP contribution >= 0.6 is 12.2 Å². The summed E-state index contributed by atoms with van der Waals surface area (Å²) >= 11 is 5.36. The maximum atomic E-state index is 12.9. The van der Waals surface area contributed by atoms with E-state index in [1.807, 2.05) is 72.8 Å². The lowest BCUT2D eigenvalue weighted by Crippen LogP contribution is -2.16. The molecule has 4 rings (SSSR count). The number of amides is 1. The molecule has 1 unspecified atom stereocenters. The standard InChI is InChI=1S/C24H22N4OS/c1-17(18-8-4-2-5-9-18)26-19-12-14-20(15-13-19)27-23(29)22-16-25-24(30)28(22)21-10-6-3-7-11-21/h2-17,26H,1H3,(H,25,30)(H,27,29). The number of aromatic amines is 1. The largest absolute Gasteiger partial charge is 0.379 e. The van der Waals surface area contributed by atoms with E-state index in [4.69, 9.17) is 12.2 Å². The molecule has 0 aliphatic heterocycles. The molecule has 1 heterocycles. The van der Waals surface area contributed by atoms with Gasteiger partial charge in [-0.1, -0.05) is 48.5 Å². The van der Waals surface area contributed by atoms with E-state index in [-0.39, 0.29) is 11.9 Å². The quantitative estimate of drug-likeness (QED) is 0.341. The molecule has 0 aliphatic carbocycles. The van der Waals surface area contributed by atoms with Gasteiger partial charge in [0.1, 0.15) is 5.69 Å². The monoisotopic (exact) mass is 414 g/mol. The van der Waals surface area contributed by atoms with Crippen LogP contribution in [0.4, 0.5) is 11.4 Å². The van der Waals surface area contributed by atoms with E-state index in [1.54, 1.807) is 10.8 Å². The first-order valence-corrected chi connectivity index (χ1v) is 10.1. The predicted octanol–water partition coefficient (Wildman–Crippen LogP) is 5.96. The zero-order valence-electron chi connectivity index (χ0n) is 16.5. The number of hydrogen-bond acceptors (Lipinski definition) is 3. The number of imidazole rings is 1. The van der Waals surface area contributed by atoms with Crippen molar-refractivity contribution >= 4 is 29.5 Å². The zero-order valence-corrected chi connectivity index (χ0v) is 17.3. The van der Waals surface area contributed by atoms with Crippen molar-refractivity contribution in [3.8, 4) is 5.69 Å². The van der Waals surface area contributed by atoms with Gasteiger partial charge in [0.05, 0.1) is 0 Å². The van der Waals surface area contributed by atoms with E-state index in [9.17, 15) is 4.79 Å². The van der Waals surface area contributed by atoms with Crippen molar-refractivity contribution in [2.24, 2.45) is 0 Å². The number of carbonyl (C=O) groups excluding carboxylic acids is 1. The highest BCUT2D eigenvalue weighted by atomic mass is 32.1. The van der Waals surface area contributed by atoms with Crippen molar-refractivity contribution in [1.82, 2.24) is 9.55 Å². The molecule has 6 heteroatoms. The van der Waals surface area contributed by atoms with E-state index in [2.05, 4.69) is 34.7 Å². The summed E-state index contributed by atoms with van der Waals surface area (Å²) in [6.07, 6.45) is 1.63. The van der Waals surface area contributed by atoms with Crippen LogP contribution in [-0.2, 0) is 0 Å². The Bertz CT molecular complexity index is 1180. The number of benzene rings is 3. The van der Waals surface area contributed by atoms with Gasteiger partial charge in [-0.15, -0.1) is 0 Å². The second kappa shape index (κ2) is 8.80. The molecule has 1 aromatic heterocycles. The van der Waals surface area contributed by atoms with E-state index < -0.39 is 0 Å². The molecule has 0 saturated carbocycles. The fourth-order valence-electron chi connectivity index (χ4n) is 3.29. The van der Waals surface area contributed by atoms with Crippen LogP contribution in [-0.4, -0.2) is 15.5 Å². The number of aromatic nitrogens is 2. The van der Waals surface area contributed by atoms with Crippen LogP contribution in [0.15, 0.2) is 91.1 Å². The molecule has 3 aromatic carbocycles. The average molecular weight is 415 g/mol. The maximum Gasteiger partial charge on any atom is 0.274 e. The highest BCUT2D eigenvalue weighted by molar-refractivity contribution is 7.71. The van der Waals surface area contributed by atoms with Gasteiger partial charge in [0, 0.05) is 29.3 Å². The van der Waals surface area contributed by atoms with Crippen molar-refractivity contribution in [2.45, 2.75) is 13.0 Å². The first-order valence-electron chi connectivity index (χ1n) is 9.70. The van der Waals surface area contributed by atoms with Crippen LogP contribution in [0.2, 0.25) is 0 Å². The van der Waals surface area contributed by atoms with Gasteiger partial charge in [0.25, 0.3) is 5.91 Å². The number of para-hydroxylation sites is 1. The topological polar surface area (TPSA) is 61.8 Å². The molecule has 0 saturated heterocycles. The Balaban J connectivity index is 1.47. The summed E-state index contributed by atoms with van der Waals surface area (Å²) in [6.45, 7) is 2.12. The van der Waals surface area contributed by atoms with Gasteiger partial charge in [-0.25, -0.2) is 0 Å². The Kier molecular flexibility index (Phi) is 5.77. The number of carbonyl (C=O) groups is 1. The molecular formula is C24H22N4OS. The number of anilines is 2. The molecule has 4 aromatic rings. The van der Waals surface area contributed by atoms with Gasteiger partial charge in [-0.2, -0.15) is 0 Å². The fraction of sp³-hybridized carbons (Fsp3) is 0.0833. The molecule has 1 amide bonds. The Hall–Kier alpha value is -3.64. The molecule has 0 bridgehead atoms. The average Bonchev–Trinajstić information content (AvgIpc) is 3.18. The Morgan fingerprint density at radius 2 is 1.50 bits per heavy atom. The van der Waals surface area contributed by atoms with E-state index >= 15 is 0 Å². The lowest BCUT2D eigenvalue weighted by molar-refractivity contribution is 0.102.